The number of carbonyl (C=O) groups is 1. The molecule has 0 aliphatic heterocycles. The lowest BCUT2D eigenvalue weighted by Gasteiger charge is -2.13. The van der Waals surface area contributed by atoms with Gasteiger partial charge < -0.3 is 4.57 Å². The summed E-state index contributed by atoms with van der Waals surface area (Å²) in [6, 6.07) is 3.52. The number of aryl methyl sites for hydroxylation is 1. The van der Waals surface area contributed by atoms with Crippen molar-refractivity contribution in [1.82, 2.24) is 4.57 Å². The van der Waals surface area contributed by atoms with Gasteiger partial charge in [-0.3, -0.25) is 9.59 Å². The zero-order valence-electron chi connectivity index (χ0n) is 9.79. The van der Waals surface area contributed by atoms with Crippen molar-refractivity contribution in [3.63, 3.8) is 0 Å². The molecule has 0 aromatic carbocycles. The number of halogens is 1. The first kappa shape index (κ1) is 13.0. The van der Waals surface area contributed by atoms with Gasteiger partial charge in [-0.1, -0.05) is 19.9 Å². The first-order valence-corrected chi connectivity index (χ1v) is 5.67. The van der Waals surface area contributed by atoms with Crippen LogP contribution >= 0.6 is 11.6 Å². The minimum absolute atomic E-state index is 0.00123. The quantitative estimate of drug-likeness (QED) is 0.758. The Hall–Kier alpha value is -1.09. The number of hydrogen-bond donors (Lipinski definition) is 0. The van der Waals surface area contributed by atoms with Gasteiger partial charge in [0.05, 0.1) is 6.42 Å². The first-order chi connectivity index (χ1) is 7.41. The molecule has 0 N–H and O–H groups in total. The van der Waals surface area contributed by atoms with Crippen molar-refractivity contribution >= 4 is 16.8 Å². The number of rotatable bonds is 4. The summed E-state index contributed by atoms with van der Waals surface area (Å²) in [5.74, 6) is 0.387. The SMILES string of the molecule is Cc1ccc(CC(=O)Cl)c(=O)n1CC(C)C. The molecule has 0 unspecified atom stereocenters. The van der Waals surface area contributed by atoms with E-state index in [2.05, 4.69) is 0 Å². The van der Waals surface area contributed by atoms with Gasteiger partial charge in [-0.2, -0.15) is 0 Å². The van der Waals surface area contributed by atoms with Crippen LogP contribution in [0.5, 0.6) is 0 Å². The molecule has 0 fully saturated rings. The minimum atomic E-state index is -0.503. The van der Waals surface area contributed by atoms with E-state index in [-0.39, 0.29) is 12.0 Å². The highest BCUT2D eigenvalue weighted by molar-refractivity contribution is 6.63. The standard InChI is InChI=1S/C12H16ClNO2/c1-8(2)7-14-9(3)4-5-10(12(14)16)6-11(13)15/h4-5,8H,6-7H2,1-3H3. The Kier molecular flexibility index (Phi) is 4.30. The van der Waals surface area contributed by atoms with Crippen LogP contribution in [0.15, 0.2) is 16.9 Å². The summed E-state index contributed by atoms with van der Waals surface area (Å²) in [5, 5.41) is -0.503. The van der Waals surface area contributed by atoms with Crippen LogP contribution in [0, 0.1) is 12.8 Å². The molecule has 0 amide bonds. The number of carbonyl (C=O) groups excluding carboxylic acids is 1. The molecule has 0 saturated carbocycles. The Morgan fingerprint density at radius 2 is 2.06 bits per heavy atom. The van der Waals surface area contributed by atoms with E-state index in [1.165, 1.54) is 0 Å². The zero-order valence-corrected chi connectivity index (χ0v) is 10.5. The molecule has 0 bridgehead atoms. The van der Waals surface area contributed by atoms with Gasteiger partial charge in [0.2, 0.25) is 5.24 Å². The van der Waals surface area contributed by atoms with Crippen LogP contribution in [0.4, 0.5) is 0 Å². The van der Waals surface area contributed by atoms with E-state index in [1.807, 2.05) is 26.8 Å². The zero-order chi connectivity index (χ0) is 12.3. The lowest BCUT2D eigenvalue weighted by atomic mass is 10.1. The lowest BCUT2D eigenvalue weighted by molar-refractivity contribution is -0.111. The van der Waals surface area contributed by atoms with Crippen molar-refractivity contribution < 1.29 is 4.79 Å². The maximum absolute atomic E-state index is 12.0. The average molecular weight is 242 g/mol. The Morgan fingerprint density at radius 3 is 2.56 bits per heavy atom. The van der Waals surface area contributed by atoms with Crippen LogP contribution < -0.4 is 5.56 Å². The molecule has 3 nitrogen and oxygen atoms in total. The largest absolute Gasteiger partial charge is 0.312 e. The van der Waals surface area contributed by atoms with Crippen molar-refractivity contribution in [2.45, 2.75) is 33.7 Å². The van der Waals surface area contributed by atoms with E-state index in [0.29, 0.717) is 18.0 Å². The second-order valence-electron chi connectivity index (χ2n) is 4.34. The normalized spacial score (nSPS) is 10.8. The van der Waals surface area contributed by atoms with Gasteiger partial charge in [0, 0.05) is 17.8 Å². The molecule has 1 rings (SSSR count). The molecule has 88 valence electrons. The van der Waals surface area contributed by atoms with Crippen LogP contribution in [-0.2, 0) is 17.8 Å². The maximum Gasteiger partial charge on any atom is 0.254 e. The van der Waals surface area contributed by atoms with E-state index < -0.39 is 5.24 Å². The second-order valence-corrected chi connectivity index (χ2v) is 4.76. The summed E-state index contributed by atoms with van der Waals surface area (Å²) >= 11 is 5.30. The number of nitrogens with zero attached hydrogens (tertiary/aromatic N) is 1. The summed E-state index contributed by atoms with van der Waals surface area (Å²) < 4.78 is 1.69. The molecule has 1 aromatic rings. The van der Waals surface area contributed by atoms with Crippen molar-refractivity contribution in [2.24, 2.45) is 5.92 Å². The summed E-state index contributed by atoms with van der Waals surface area (Å²) in [7, 11) is 0. The molecule has 1 heterocycles. The third kappa shape index (κ3) is 3.20. The highest BCUT2D eigenvalue weighted by Gasteiger charge is 2.09. The van der Waals surface area contributed by atoms with Crippen molar-refractivity contribution in [3.8, 4) is 0 Å². The molecular weight excluding hydrogens is 226 g/mol. The van der Waals surface area contributed by atoms with Crippen molar-refractivity contribution in [3.05, 3.63) is 33.7 Å². The lowest BCUT2D eigenvalue weighted by Crippen LogP contribution is -2.27. The molecule has 0 atom stereocenters. The maximum atomic E-state index is 12.0. The van der Waals surface area contributed by atoms with E-state index in [1.54, 1.807) is 10.6 Å². The van der Waals surface area contributed by atoms with Gasteiger partial charge >= 0.3 is 0 Å². The van der Waals surface area contributed by atoms with E-state index >= 15 is 0 Å². The van der Waals surface area contributed by atoms with Gasteiger partial charge in [0.15, 0.2) is 0 Å². The van der Waals surface area contributed by atoms with Gasteiger partial charge in [-0.25, -0.2) is 0 Å². The minimum Gasteiger partial charge on any atom is -0.312 e. The summed E-state index contributed by atoms with van der Waals surface area (Å²) in [6.45, 7) is 6.64. The van der Waals surface area contributed by atoms with Crippen LogP contribution in [0.2, 0.25) is 0 Å². The smallest absolute Gasteiger partial charge is 0.254 e. The predicted octanol–water partition coefficient (Wildman–Crippen LogP) is 2.12. The van der Waals surface area contributed by atoms with Gasteiger partial charge in [0.25, 0.3) is 5.56 Å². The third-order valence-electron chi connectivity index (χ3n) is 2.35. The summed E-state index contributed by atoms with van der Waals surface area (Å²) in [4.78, 5) is 22.8. The van der Waals surface area contributed by atoms with E-state index in [0.717, 1.165) is 5.69 Å². The van der Waals surface area contributed by atoms with Gasteiger partial charge in [-0.15, -0.1) is 0 Å². The Balaban J connectivity index is 3.16. The van der Waals surface area contributed by atoms with Crippen LogP contribution in [0.1, 0.15) is 25.1 Å². The fourth-order valence-electron chi connectivity index (χ4n) is 1.59. The monoisotopic (exact) mass is 241 g/mol. The second kappa shape index (κ2) is 5.30. The highest BCUT2D eigenvalue weighted by Crippen LogP contribution is 2.04. The van der Waals surface area contributed by atoms with E-state index in [9.17, 15) is 9.59 Å². The summed E-state index contributed by atoms with van der Waals surface area (Å²) in [6.07, 6.45) is -0.00123. The molecule has 0 spiro atoms. The van der Waals surface area contributed by atoms with E-state index in [4.69, 9.17) is 11.6 Å². The number of hydrogen-bond acceptors (Lipinski definition) is 2. The van der Waals surface area contributed by atoms with Crippen molar-refractivity contribution in [2.75, 3.05) is 0 Å². The Bertz CT molecular complexity index is 449. The number of aromatic nitrogens is 1. The molecule has 4 heteroatoms. The molecule has 0 radical (unpaired) electrons. The molecular formula is C12H16ClNO2. The molecule has 0 aliphatic rings. The van der Waals surface area contributed by atoms with Crippen LogP contribution in [-0.4, -0.2) is 9.81 Å². The Morgan fingerprint density at radius 1 is 1.44 bits per heavy atom. The molecule has 0 aliphatic carbocycles. The highest BCUT2D eigenvalue weighted by atomic mass is 35.5. The van der Waals surface area contributed by atoms with Crippen LogP contribution in [0.3, 0.4) is 0 Å². The predicted molar refractivity (Wildman–Crippen MR) is 64.8 cm³/mol. The fraction of sp³-hybridized carbons (Fsp3) is 0.500. The average Bonchev–Trinajstić information content (AvgIpc) is 2.16. The topological polar surface area (TPSA) is 39.1 Å². The Labute approximate surface area is 100 Å². The third-order valence-corrected chi connectivity index (χ3v) is 2.48. The first-order valence-electron chi connectivity index (χ1n) is 5.29. The van der Waals surface area contributed by atoms with Crippen LogP contribution in [0.25, 0.3) is 0 Å². The molecule has 1 aromatic heterocycles. The summed E-state index contributed by atoms with van der Waals surface area (Å²) in [5.41, 5.74) is 1.26. The van der Waals surface area contributed by atoms with Gasteiger partial charge in [0.1, 0.15) is 0 Å². The fourth-order valence-corrected chi connectivity index (χ4v) is 1.74. The number of pyridine rings is 1. The van der Waals surface area contributed by atoms with Crippen molar-refractivity contribution in [1.29, 1.82) is 0 Å². The molecule has 16 heavy (non-hydrogen) atoms. The molecule has 0 saturated heterocycles. The van der Waals surface area contributed by atoms with Gasteiger partial charge in [-0.05, 0) is 30.5 Å².